The van der Waals surface area contributed by atoms with Crippen LogP contribution in [0.3, 0.4) is 0 Å². The number of halogens is 1. The number of hydrogen-bond donors (Lipinski definition) is 0. The summed E-state index contributed by atoms with van der Waals surface area (Å²) in [5.41, 5.74) is 0. The summed E-state index contributed by atoms with van der Waals surface area (Å²) in [6.07, 6.45) is -0.788. The average molecular weight is 247 g/mol. The summed E-state index contributed by atoms with van der Waals surface area (Å²) in [6, 6.07) is 6.31. The van der Waals surface area contributed by atoms with Crippen LogP contribution in [0.1, 0.15) is 0 Å². The Kier molecular flexibility index (Phi) is 4.45. The van der Waals surface area contributed by atoms with Crippen LogP contribution in [0.4, 0.5) is 9.59 Å². The van der Waals surface area contributed by atoms with Crippen molar-refractivity contribution in [3.05, 3.63) is 24.3 Å². The van der Waals surface area contributed by atoms with Crippen LogP contribution in [0.5, 0.6) is 5.75 Å². The van der Waals surface area contributed by atoms with E-state index in [2.05, 4.69) is 4.74 Å². The van der Waals surface area contributed by atoms with E-state index < -0.39 is 10.7 Å². The molecule has 0 N–H and O–H groups in total. The highest BCUT2D eigenvalue weighted by atomic mass is 35.5. The van der Waals surface area contributed by atoms with Crippen molar-refractivity contribution < 1.29 is 19.1 Å². The fourth-order valence-corrected chi connectivity index (χ4v) is 1.53. The highest BCUT2D eigenvalue weighted by Gasteiger charge is 2.04. The molecule has 0 aliphatic heterocycles. The fourth-order valence-electron chi connectivity index (χ4n) is 0.806. The van der Waals surface area contributed by atoms with Gasteiger partial charge in [0.25, 0.3) is 4.57 Å². The average Bonchev–Trinajstić information content (AvgIpc) is 2.20. The highest BCUT2D eigenvalue weighted by molar-refractivity contribution is 8.16. The second kappa shape index (κ2) is 5.63. The van der Waals surface area contributed by atoms with E-state index in [0.717, 1.165) is 11.8 Å². The number of ether oxygens (including phenoxy) is 2. The number of methoxy groups -OCH3 is 1. The van der Waals surface area contributed by atoms with Crippen LogP contribution >= 0.6 is 23.4 Å². The minimum Gasteiger partial charge on any atom is -0.437 e. The number of rotatable bonds is 2. The van der Waals surface area contributed by atoms with E-state index in [9.17, 15) is 9.59 Å². The molecular formula is C9H7ClO4S. The van der Waals surface area contributed by atoms with Gasteiger partial charge in [0, 0.05) is 4.90 Å². The third-order valence-corrected chi connectivity index (χ3v) is 2.29. The Morgan fingerprint density at radius 2 is 1.87 bits per heavy atom. The van der Waals surface area contributed by atoms with E-state index >= 15 is 0 Å². The van der Waals surface area contributed by atoms with Gasteiger partial charge in [0.15, 0.2) is 0 Å². The van der Waals surface area contributed by atoms with Crippen LogP contribution in [-0.2, 0) is 4.74 Å². The van der Waals surface area contributed by atoms with Crippen molar-refractivity contribution in [3.63, 3.8) is 0 Å². The van der Waals surface area contributed by atoms with Gasteiger partial charge in [-0.15, -0.1) is 0 Å². The zero-order chi connectivity index (χ0) is 11.3. The summed E-state index contributed by atoms with van der Waals surface area (Å²) in [7, 11) is 1.22. The number of benzene rings is 1. The highest BCUT2D eigenvalue weighted by Crippen LogP contribution is 2.23. The Hall–Kier alpha value is -1.20. The molecule has 0 fully saturated rings. The Labute approximate surface area is 95.5 Å². The molecule has 0 bridgehead atoms. The molecule has 1 aromatic rings. The minimum atomic E-state index is -0.788. The van der Waals surface area contributed by atoms with Crippen molar-refractivity contribution in [2.75, 3.05) is 7.11 Å². The van der Waals surface area contributed by atoms with Crippen LogP contribution in [0.15, 0.2) is 29.2 Å². The molecule has 0 saturated carbocycles. The number of hydrogen-bond acceptors (Lipinski definition) is 5. The van der Waals surface area contributed by atoms with Crippen LogP contribution in [0, 0.1) is 0 Å². The number of carbonyl (C=O) groups excluding carboxylic acids is 2. The zero-order valence-electron chi connectivity index (χ0n) is 7.73. The lowest BCUT2D eigenvalue weighted by Crippen LogP contribution is -2.06. The van der Waals surface area contributed by atoms with Gasteiger partial charge in [-0.1, -0.05) is 0 Å². The lowest BCUT2D eigenvalue weighted by Gasteiger charge is -2.02. The molecule has 0 amide bonds. The molecule has 1 aromatic carbocycles. The summed E-state index contributed by atoms with van der Waals surface area (Å²) in [5, 5.41) is 0. The molecule has 0 saturated heterocycles. The standard InChI is InChI=1S/C9H7ClO4S/c1-13-9(12)14-6-2-4-7(5-3-6)15-8(10)11/h2-5H,1H3. The Morgan fingerprint density at radius 1 is 1.27 bits per heavy atom. The fraction of sp³-hybridized carbons (Fsp3) is 0.111. The van der Waals surface area contributed by atoms with Gasteiger partial charge in [-0.2, -0.15) is 0 Å². The van der Waals surface area contributed by atoms with Crippen LogP contribution in [0.2, 0.25) is 0 Å². The molecule has 0 aliphatic rings. The van der Waals surface area contributed by atoms with E-state index in [0.29, 0.717) is 10.6 Å². The summed E-state index contributed by atoms with van der Waals surface area (Å²) in [6.45, 7) is 0. The van der Waals surface area contributed by atoms with Crippen molar-refractivity contribution >= 4 is 34.1 Å². The monoisotopic (exact) mass is 246 g/mol. The predicted molar refractivity (Wildman–Crippen MR) is 56.6 cm³/mol. The first-order valence-electron chi connectivity index (χ1n) is 3.85. The number of carbonyl (C=O) groups is 2. The SMILES string of the molecule is COC(=O)Oc1ccc(SC(=O)Cl)cc1. The Balaban J connectivity index is 2.64. The molecule has 80 valence electrons. The molecule has 0 spiro atoms. The second-order valence-corrected chi connectivity index (χ2v) is 3.98. The molecule has 0 aromatic heterocycles. The van der Waals surface area contributed by atoms with Gasteiger partial charge in [0.2, 0.25) is 0 Å². The van der Waals surface area contributed by atoms with Gasteiger partial charge in [0.05, 0.1) is 7.11 Å². The predicted octanol–water partition coefficient (Wildman–Crippen LogP) is 3.28. The molecule has 0 heterocycles. The lowest BCUT2D eigenvalue weighted by molar-refractivity contribution is 0.121. The van der Waals surface area contributed by atoms with E-state index in [4.69, 9.17) is 16.3 Å². The van der Waals surface area contributed by atoms with Crippen LogP contribution in [-0.4, -0.2) is 17.8 Å². The Morgan fingerprint density at radius 3 is 2.33 bits per heavy atom. The Bertz CT molecular complexity index is 363. The van der Waals surface area contributed by atoms with Crippen molar-refractivity contribution in [1.29, 1.82) is 0 Å². The van der Waals surface area contributed by atoms with Gasteiger partial charge < -0.3 is 9.47 Å². The molecule has 0 aliphatic carbocycles. The molecule has 1 rings (SSSR count). The maximum Gasteiger partial charge on any atom is 0.513 e. The molecule has 15 heavy (non-hydrogen) atoms. The van der Waals surface area contributed by atoms with Gasteiger partial charge in [0.1, 0.15) is 5.75 Å². The van der Waals surface area contributed by atoms with Crippen molar-refractivity contribution in [2.45, 2.75) is 4.90 Å². The molecular weight excluding hydrogens is 240 g/mol. The van der Waals surface area contributed by atoms with E-state index in [1.165, 1.54) is 7.11 Å². The summed E-state index contributed by atoms with van der Waals surface area (Å²) >= 11 is 6.06. The summed E-state index contributed by atoms with van der Waals surface area (Å²) in [5.74, 6) is 0.341. The van der Waals surface area contributed by atoms with Gasteiger partial charge in [-0.25, -0.2) is 4.79 Å². The maximum atomic E-state index is 10.7. The van der Waals surface area contributed by atoms with Gasteiger partial charge in [-0.05, 0) is 47.6 Å². The van der Waals surface area contributed by atoms with Crippen LogP contribution in [0.25, 0.3) is 0 Å². The first-order valence-corrected chi connectivity index (χ1v) is 5.04. The summed E-state index contributed by atoms with van der Waals surface area (Å²) in [4.78, 5) is 21.9. The quantitative estimate of drug-likeness (QED) is 0.347. The van der Waals surface area contributed by atoms with Gasteiger partial charge in [-0.3, -0.25) is 4.79 Å². The van der Waals surface area contributed by atoms with E-state index in [1.54, 1.807) is 24.3 Å². The first-order chi connectivity index (χ1) is 7.11. The third-order valence-electron chi connectivity index (χ3n) is 1.39. The third kappa shape index (κ3) is 4.22. The molecule has 0 radical (unpaired) electrons. The van der Waals surface area contributed by atoms with Crippen LogP contribution < -0.4 is 4.74 Å². The minimum absolute atomic E-state index is 0.341. The van der Waals surface area contributed by atoms with E-state index in [-0.39, 0.29) is 0 Å². The first kappa shape index (κ1) is 11.9. The zero-order valence-corrected chi connectivity index (χ0v) is 9.30. The van der Waals surface area contributed by atoms with E-state index in [1.807, 2.05) is 0 Å². The normalized spacial score (nSPS) is 9.47. The van der Waals surface area contributed by atoms with Crippen molar-refractivity contribution in [2.24, 2.45) is 0 Å². The molecule has 6 heteroatoms. The second-order valence-electron chi connectivity index (χ2n) is 2.37. The molecule has 0 unspecified atom stereocenters. The largest absolute Gasteiger partial charge is 0.513 e. The smallest absolute Gasteiger partial charge is 0.437 e. The van der Waals surface area contributed by atoms with Crippen molar-refractivity contribution in [1.82, 2.24) is 0 Å². The maximum absolute atomic E-state index is 10.7. The van der Waals surface area contributed by atoms with Crippen molar-refractivity contribution in [3.8, 4) is 5.75 Å². The lowest BCUT2D eigenvalue weighted by atomic mass is 10.3. The number of thioether (sulfide) groups is 1. The topological polar surface area (TPSA) is 52.6 Å². The molecule has 0 atom stereocenters. The summed E-state index contributed by atoms with van der Waals surface area (Å²) < 4.78 is 8.53. The molecule has 4 nitrogen and oxygen atoms in total. The van der Waals surface area contributed by atoms with Gasteiger partial charge >= 0.3 is 6.16 Å².